The van der Waals surface area contributed by atoms with Gasteiger partial charge >= 0.3 is 0 Å². The first kappa shape index (κ1) is 15.4. The summed E-state index contributed by atoms with van der Waals surface area (Å²) >= 11 is 0. The first-order valence-corrected chi connectivity index (χ1v) is 9.95. The number of fused-ring (bicyclic) bond motifs is 1. The number of hydrogen-bond acceptors (Lipinski definition) is 4. The number of benzene rings is 1. The molecule has 4 rings (SSSR count). The highest BCUT2D eigenvalue weighted by molar-refractivity contribution is 7.90. The highest BCUT2D eigenvalue weighted by atomic mass is 32.2. The van der Waals surface area contributed by atoms with Gasteiger partial charge in [0, 0.05) is 24.5 Å². The summed E-state index contributed by atoms with van der Waals surface area (Å²) < 4.78 is 23.9. The predicted molar refractivity (Wildman–Crippen MR) is 92.4 cm³/mol. The molecule has 0 saturated carbocycles. The molecule has 7 heteroatoms. The molecular weight excluding hydrogens is 324 g/mol. The average molecular weight is 344 g/mol. The zero-order chi connectivity index (χ0) is 16.7. The van der Waals surface area contributed by atoms with Crippen LogP contribution in [0.15, 0.2) is 41.6 Å². The van der Waals surface area contributed by atoms with E-state index >= 15 is 0 Å². The van der Waals surface area contributed by atoms with Crippen molar-refractivity contribution >= 4 is 20.7 Å². The average Bonchev–Trinajstić information content (AvgIpc) is 3.25. The normalized spacial score (nSPS) is 19.3. The molecule has 0 bridgehead atoms. The van der Waals surface area contributed by atoms with Gasteiger partial charge in [0.2, 0.25) is 0 Å². The molecule has 2 aromatic heterocycles. The van der Waals surface area contributed by atoms with Crippen LogP contribution >= 0.6 is 0 Å². The number of nitrogens with one attached hydrogen (secondary N) is 2. The molecule has 1 aromatic carbocycles. The van der Waals surface area contributed by atoms with Gasteiger partial charge in [-0.3, -0.25) is 10.00 Å². The van der Waals surface area contributed by atoms with Crippen LogP contribution in [0.3, 0.4) is 0 Å². The molecule has 2 N–H and O–H groups in total. The van der Waals surface area contributed by atoms with Gasteiger partial charge in [-0.25, -0.2) is 8.42 Å². The van der Waals surface area contributed by atoms with Crippen LogP contribution in [-0.2, 0) is 16.4 Å². The van der Waals surface area contributed by atoms with Crippen LogP contribution in [0.2, 0.25) is 0 Å². The smallest absolute Gasteiger partial charge is 0.178 e. The third-order valence-corrected chi connectivity index (χ3v) is 5.86. The number of aromatic nitrogens is 3. The van der Waals surface area contributed by atoms with Crippen molar-refractivity contribution < 1.29 is 8.42 Å². The second-order valence-corrected chi connectivity index (χ2v) is 8.43. The minimum atomic E-state index is -3.27. The Morgan fingerprint density at radius 1 is 1.33 bits per heavy atom. The molecule has 0 spiro atoms. The van der Waals surface area contributed by atoms with Crippen LogP contribution in [0.5, 0.6) is 0 Å². The molecule has 1 saturated heterocycles. The van der Waals surface area contributed by atoms with E-state index < -0.39 is 9.84 Å². The summed E-state index contributed by atoms with van der Waals surface area (Å²) in [6.45, 7) is 1.75. The van der Waals surface area contributed by atoms with Crippen molar-refractivity contribution in [2.45, 2.75) is 30.3 Å². The SMILES string of the molecule is CS(=O)(=O)c1cn[nH]c1[C@H]1CCCN1Cc1ccc2cc[nH]c2c1. The summed E-state index contributed by atoms with van der Waals surface area (Å²) in [6.07, 6.45) is 6.59. The Kier molecular flexibility index (Phi) is 3.69. The number of likely N-dealkylation sites (tertiary alicyclic amines) is 1. The molecule has 126 valence electrons. The van der Waals surface area contributed by atoms with Crippen LogP contribution in [0, 0.1) is 0 Å². The molecule has 0 unspecified atom stereocenters. The first-order chi connectivity index (χ1) is 11.5. The summed E-state index contributed by atoms with van der Waals surface area (Å²) in [5.74, 6) is 0. The number of hydrogen-bond donors (Lipinski definition) is 2. The van der Waals surface area contributed by atoms with E-state index in [-0.39, 0.29) is 6.04 Å². The van der Waals surface area contributed by atoms with Gasteiger partial charge in [-0.15, -0.1) is 0 Å². The van der Waals surface area contributed by atoms with Gasteiger partial charge in [-0.05, 0) is 42.5 Å². The van der Waals surface area contributed by atoms with Gasteiger partial charge in [0.15, 0.2) is 9.84 Å². The van der Waals surface area contributed by atoms with Gasteiger partial charge < -0.3 is 4.98 Å². The molecule has 3 aromatic rings. The second kappa shape index (κ2) is 5.75. The number of aromatic amines is 2. The molecule has 0 aliphatic carbocycles. The summed E-state index contributed by atoms with van der Waals surface area (Å²) in [4.78, 5) is 5.88. The monoisotopic (exact) mass is 344 g/mol. The van der Waals surface area contributed by atoms with Gasteiger partial charge in [-0.2, -0.15) is 5.10 Å². The van der Waals surface area contributed by atoms with Crippen molar-refractivity contribution in [2.75, 3.05) is 12.8 Å². The quantitative estimate of drug-likeness (QED) is 0.762. The van der Waals surface area contributed by atoms with Crippen molar-refractivity contribution in [1.82, 2.24) is 20.1 Å². The van der Waals surface area contributed by atoms with Gasteiger partial charge in [0.05, 0.1) is 17.9 Å². The highest BCUT2D eigenvalue weighted by Gasteiger charge is 2.31. The topological polar surface area (TPSA) is 81.8 Å². The fourth-order valence-electron chi connectivity index (χ4n) is 3.59. The van der Waals surface area contributed by atoms with Crippen molar-refractivity contribution in [1.29, 1.82) is 0 Å². The van der Waals surface area contributed by atoms with Crippen molar-refractivity contribution in [3.8, 4) is 0 Å². The van der Waals surface area contributed by atoms with Gasteiger partial charge in [-0.1, -0.05) is 12.1 Å². The van der Waals surface area contributed by atoms with Gasteiger partial charge in [0.25, 0.3) is 0 Å². The number of H-pyrrole nitrogens is 2. The molecule has 3 heterocycles. The molecule has 0 radical (unpaired) electrons. The largest absolute Gasteiger partial charge is 0.361 e. The third-order valence-electron chi connectivity index (χ3n) is 4.73. The minimum Gasteiger partial charge on any atom is -0.361 e. The van der Waals surface area contributed by atoms with E-state index in [4.69, 9.17) is 0 Å². The molecule has 1 atom stereocenters. The van der Waals surface area contributed by atoms with E-state index in [1.54, 1.807) is 0 Å². The zero-order valence-electron chi connectivity index (χ0n) is 13.5. The number of sulfone groups is 1. The van der Waals surface area contributed by atoms with Crippen LogP contribution in [0.1, 0.15) is 30.1 Å². The Bertz CT molecular complexity index is 973. The van der Waals surface area contributed by atoms with Crippen LogP contribution in [-0.4, -0.2) is 41.3 Å². The zero-order valence-corrected chi connectivity index (χ0v) is 14.3. The van der Waals surface area contributed by atoms with Crippen molar-refractivity contribution in [3.05, 3.63) is 47.9 Å². The summed E-state index contributed by atoms with van der Waals surface area (Å²) in [6, 6.07) is 8.53. The molecule has 24 heavy (non-hydrogen) atoms. The van der Waals surface area contributed by atoms with Gasteiger partial charge in [0.1, 0.15) is 4.90 Å². The predicted octanol–water partition coefficient (Wildman–Crippen LogP) is 2.63. The van der Waals surface area contributed by atoms with Crippen LogP contribution < -0.4 is 0 Å². The third kappa shape index (κ3) is 2.74. The second-order valence-electron chi connectivity index (χ2n) is 6.45. The Morgan fingerprint density at radius 2 is 2.21 bits per heavy atom. The Balaban J connectivity index is 1.62. The lowest BCUT2D eigenvalue weighted by Gasteiger charge is -2.24. The highest BCUT2D eigenvalue weighted by Crippen LogP contribution is 2.35. The molecule has 6 nitrogen and oxygen atoms in total. The number of rotatable bonds is 4. The maximum absolute atomic E-state index is 12.0. The minimum absolute atomic E-state index is 0.0663. The van der Waals surface area contributed by atoms with Crippen LogP contribution in [0.25, 0.3) is 10.9 Å². The van der Waals surface area contributed by atoms with E-state index in [1.165, 1.54) is 23.4 Å². The molecule has 1 aliphatic rings. The van der Waals surface area contributed by atoms with E-state index in [0.29, 0.717) is 4.90 Å². The van der Waals surface area contributed by atoms with Crippen molar-refractivity contribution in [3.63, 3.8) is 0 Å². The Morgan fingerprint density at radius 3 is 3.04 bits per heavy atom. The summed E-state index contributed by atoms with van der Waals surface area (Å²) in [5.41, 5.74) is 3.06. The summed E-state index contributed by atoms with van der Waals surface area (Å²) in [7, 11) is -3.27. The molecule has 1 aliphatic heterocycles. The van der Waals surface area contributed by atoms with E-state index in [9.17, 15) is 8.42 Å². The lowest BCUT2D eigenvalue weighted by atomic mass is 10.1. The number of nitrogens with zero attached hydrogens (tertiary/aromatic N) is 2. The first-order valence-electron chi connectivity index (χ1n) is 8.06. The molecular formula is C17H20N4O2S. The van der Waals surface area contributed by atoms with E-state index in [0.717, 1.165) is 37.1 Å². The van der Waals surface area contributed by atoms with Crippen LogP contribution in [0.4, 0.5) is 0 Å². The Labute approximate surface area is 140 Å². The van der Waals surface area contributed by atoms with Crippen molar-refractivity contribution in [2.24, 2.45) is 0 Å². The maximum Gasteiger partial charge on any atom is 0.178 e. The standard InChI is InChI=1S/C17H20N4O2S/c1-24(22,23)16-10-19-20-17(16)15-3-2-8-21(15)11-12-4-5-13-6-7-18-14(13)9-12/h4-7,9-10,15,18H,2-3,8,11H2,1H3,(H,19,20)/t15-/m1/s1. The molecule has 0 amide bonds. The molecule has 1 fully saturated rings. The Hall–Kier alpha value is -2.12. The summed E-state index contributed by atoms with van der Waals surface area (Å²) in [5, 5.41) is 8.09. The fraction of sp³-hybridized carbons (Fsp3) is 0.353. The lowest BCUT2D eigenvalue weighted by Crippen LogP contribution is -2.24. The fourth-order valence-corrected chi connectivity index (χ4v) is 4.41. The van der Waals surface area contributed by atoms with E-state index in [1.807, 2.05) is 6.20 Å². The lowest BCUT2D eigenvalue weighted by molar-refractivity contribution is 0.242. The maximum atomic E-state index is 12.0. The van der Waals surface area contributed by atoms with E-state index in [2.05, 4.69) is 44.3 Å².